The van der Waals surface area contributed by atoms with Crippen LogP contribution in [0.1, 0.15) is 140 Å². The van der Waals surface area contributed by atoms with Crippen LogP contribution in [0.3, 0.4) is 0 Å². The molecule has 50 heavy (non-hydrogen) atoms. The maximum Gasteiger partial charge on any atom is 1.00 e. The number of benzene rings is 2. The normalized spacial score (nSPS) is 17.2. The van der Waals surface area contributed by atoms with Crippen molar-refractivity contribution in [1.29, 1.82) is 0 Å². The molecule has 288 valence electrons. The van der Waals surface area contributed by atoms with E-state index >= 15 is 0 Å². The maximum absolute atomic E-state index is 11.4. The second-order valence-corrected chi connectivity index (χ2v) is 20.6. The second-order valence-electron chi connectivity index (χ2n) is 14.1. The zero-order valence-corrected chi connectivity index (χ0v) is 34.2. The summed E-state index contributed by atoms with van der Waals surface area (Å²) in [6, 6.07) is 14.9. The molecule has 2 aliphatic rings. The van der Waals surface area contributed by atoms with Crippen molar-refractivity contribution in [3.63, 3.8) is 0 Å². The van der Waals surface area contributed by atoms with Crippen LogP contribution in [0.25, 0.3) is 15.3 Å². The monoisotopic (exact) mass is 954 g/mol. The van der Waals surface area contributed by atoms with Gasteiger partial charge >= 0.3 is 33.4 Å². The van der Waals surface area contributed by atoms with Gasteiger partial charge in [0.05, 0.1) is 16.6 Å². The van der Waals surface area contributed by atoms with Gasteiger partial charge in [0.2, 0.25) is 0 Å². The van der Waals surface area contributed by atoms with E-state index in [9.17, 15) is 43.2 Å². The third kappa shape index (κ3) is 11.3. The van der Waals surface area contributed by atoms with Crippen LogP contribution in [0.2, 0.25) is 0 Å². The van der Waals surface area contributed by atoms with E-state index in [1.54, 1.807) is 27.6 Å². The summed E-state index contributed by atoms with van der Waals surface area (Å²) in [5.41, 5.74) is -2.58. The van der Waals surface area contributed by atoms with Crippen LogP contribution < -0.4 is 5.30 Å². The smallest absolute Gasteiger partial charge is 0.421 e. The number of sulfonamides is 2. The van der Waals surface area contributed by atoms with Crippen LogP contribution in [-0.2, 0) is 42.4 Å². The number of hydrogen-bond acceptors (Lipinski definition) is 4. The topological polar surface area (TPSA) is 82.4 Å². The standard InChI is InChI=1S/C33H49P.C2F6NO4S2.Au/c1-23(2)26-21-30(24(3)4)33(31(22-26)25(5)6)29-19-13-14-20-32(29)34(27-15-9-7-10-16-27)28-17-11-8-12-18-28;3-1(4,5)14(10,11)9-15(12,13)2(6,7)8;/h13-14,19-25,27-28H,7-12,15-18H2,1-6H3;;/q;-1;+1/p+1. The van der Waals surface area contributed by atoms with Crippen molar-refractivity contribution >= 4 is 33.3 Å². The van der Waals surface area contributed by atoms with Crippen molar-refractivity contribution in [2.45, 2.75) is 146 Å². The fraction of sp³-hybridized carbons (Fsp3) is 0.657. The molecule has 5 nitrogen and oxygen atoms in total. The summed E-state index contributed by atoms with van der Waals surface area (Å²) in [6.45, 7) is 14.3. The van der Waals surface area contributed by atoms with Crippen molar-refractivity contribution in [2.24, 2.45) is 0 Å². The summed E-state index contributed by atoms with van der Waals surface area (Å²) in [5.74, 6) is 1.65. The van der Waals surface area contributed by atoms with Gasteiger partial charge in [-0.05, 0) is 97.4 Å². The Morgan fingerprint density at radius 1 is 0.640 bits per heavy atom. The Kier molecular flexibility index (Phi) is 16.6. The van der Waals surface area contributed by atoms with Crippen LogP contribution in [0.15, 0.2) is 36.4 Å². The molecule has 2 aromatic rings. The van der Waals surface area contributed by atoms with E-state index in [2.05, 4.69) is 77.9 Å². The molecule has 0 N–H and O–H groups in total. The summed E-state index contributed by atoms with van der Waals surface area (Å²) >= 11 is 0. The van der Waals surface area contributed by atoms with E-state index in [-0.39, 0.29) is 22.4 Å². The number of nitrogens with zero attached hydrogens (tertiary/aromatic N) is 1. The molecule has 0 saturated heterocycles. The van der Waals surface area contributed by atoms with Gasteiger partial charge in [0, 0.05) is 13.5 Å². The molecule has 0 spiro atoms. The zero-order chi connectivity index (χ0) is 36.9. The fourth-order valence-electron chi connectivity index (χ4n) is 7.03. The van der Waals surface area contributed by atoms with Gasteiger partial charge in [0.25, 0.3) is 0 Å². The second kappa shape index (κ2) is 18.4. The molecule has 15 heteroatoms. The molecule has 0 bridgehead atoms. The van der Waals surface area contributed by atoms with Gasteiger partial charge in [-0.1, -0.05) is 84.7 Å². The van der Waals surface area contributed by atoms with Gasteiger partial charge in [-0.25, -0.2) is 16.8 Å². The Hall–Kier alpha value is -0.950. The first-order valence-corrected chi connectivity index (χ1v) is 21.6. The van der Waals surface area contributed by atoms with Gasteiger partial charge < -0.3 is 4.13 Å². The Morgan fingerprint density at radius 3 is 1.36 bits per heavy atom. The van der Waals surface area contributed by atoms with Crippen molar-refractivity contribution in [2.75, 3.05) is 0 Å². The molecule has 0 amide bonds. The first-order chi connectivity index (χ1) is 22.6. The summed E-state index contributed by atoms with van der Waals surface area (Å²) in [6.07, 6.45) is 14.7. The van der Waals surface area contributed by atoms with Gasteiger partial charge in [-0.2, -0.15) is 26.3 Å². The maximum atomic E-state index is 11.4. The molecule has 0 aliphatic heterocycles. The third-order valence-corrected chi connectivity index (χ3v) is 16.2. The van der Waals surface area contributed by atoms with Gasteiger partial charge in [0.15, 0.2) is 20.0 Å². The van der Waals surface area contributed by atoms with Crippen LogP contribution in [-0.4, -0.2) is 39.2 Å². The van der Waals surface area contributed by atoms with Gasteiger partial charge in [-0.15, -0.1) is 0 Å². The largest absolute Gasteiger partial charge is 1.00 e. The zero-order valence-electron chi connectivity index (χ0n) is 29.4. The molecule has 0 unspecified atom stereocenters. The molecule has 4 rings (SSSR count). The molecular formula is C35H50AuF6NO4PS2+. The Balaban J connectivity index is 0.000000461. The van der Waals surface area contributed by atoms with Crippen molar-refractivity contribution in [1.82, 2.24) is 0 Å². The van der Waals surface area contributed by atoms with Crippen molar-refractivity contribution in [3.8, 4) is 11.1 Å². The Morgan fingerprint density at radius 2 is 1.02 bits per heavy atom. The van der Waals surface area contributed by atoms with Gasteiger partial charge in [-0.3, -0.25) is 0 Å². The predicted molar refractivity (Wildman–Crippen MR) is 189 cm³/mol. The van der Waals surface area contributed by atoms with Crippen LogP contribution >= 0.6 is 7.92 Å². The van der Waals surface area contributed by atoms with E-state index in [1.165, 1.54) is 69.8 Å². The molecule has 0 heterocycles. The minimum absolute atomic E-state index is 0. The van der Waals surface area contributed by atoms with Gasteiger partial charge in [0.1, 0.15) is 0 Å². The molecule has 2 aliphatic carbocycles. The average Bonchev–Trinajstić information content (AvgIpc) is 3.00. The Labute approximate surface area is 311 Å². The fourth-order valence-corrected chi connectivity index (χ4v) is 13.2. The third-order valence-electron chi connectivity index (χ3n) is 9.51. The molecule has 0 aromatic heterocycles. The Bertz CT molecular complexity index is 1530. The number of hydrogen-bond donors (Lipinski definition) is 0. The molecule has 2 saturated carbocycles. The number of alkyl halides is 6. The molecule has 0 radical (unpaired) electrons. The number of halogens is 6. The van der Waals surface area contributed by atoms with Crippen LogP contribution in [0.5, 0.6) is 0 Å². The molecular weight excluding hydrogens is 904 g/mol. The minimum atomic E-state index is -6.72. The molecule has 2 fully saturated rings. The summed E-state index contributed by atoms with van der Waals surface area (Å²) < 4.78 is 109. The molecule has 2 aromatic carbocycles. The van der Waals surface area contributed by atoms with Crippen molar-refractivity contribution in [3.05, 3.63) is 57.2 Å². The van der Waals surface area contributed by atoms with E-state index in [1.807, 2.05) is 0 Å². The van der Waals surface area contributed by atoms with Crippen LogP contribution in [0, 0.1) is 0 Å². The quantitative estimate of drug-likeness (QED) is 0.142. The summed E-state index contributed by atoms with van der Waals surface area (Å²) in [4.78, 5) is 0. The van der Waals surface area contributed by atoms with E-state index in [0.717, 1.165) is 15.4 Å². The van der Waals surface area contributed by atoms with E-state index in [0.29, 0.717) is 17.8 Å². The molecule has 0 atom stereocenters. The van der Waals surface area contributed by atoms with Crippen molar-refractivity contribution < 1.29 is 65.6 Å². The van der Waals surface area contributed by atoms with E-state index < -0.39 is 39.0 Å². The first kappa shape index (κ1) is 45.2. The minimum Gasteiger partial charge on any atom is -0.421 e. The summed E-state index contributed by atoms with van der Waals surface area (Å²) in [7, 11) is -14.1. The first-order valence-electron chi connectivity index (χ1n) is 17.1. The average molecular weight is 955 g/mol. The predicted octanol–water partition coefficient (Wildman–Crippen LogP) is 11.3. The van der Waals surface area contributed by atoms with Crippen LogP contribution in [0.4, 0.5) is 26.3 Å². The number of rotatable bonds is 9. The SMILES string of the molecule is CC(C)c1cc(C(C)C)c(-c2ccccc2[PH+](C2CCCCC2)C2CCCCC2)c(C(C)C)c1.O=S(=O)([N-]S(=O)(=O)C(F)(F)F)C(F)(F)F.[Au+]. The van der Waals surface area contributed by atoms with E-state index in [4.69, 9.17) is 0 Å². The summed E-state index contributed by atoms with van der Waals surface area (Å²) in [5, 5.41) is 1.78.